The van der Waals surface area contributed by atoms with Crippen LogP contribution in [0, 0.1) is 0 Å². The molecule has 0 aliphatic rings. The van der Waals surface area contributed by atoms with E-state index in [4.69, 9.17) is 13.9 Å². The van der Waals surface area contributed by atoms with Gasteiger partial charge in [-0.3, -0.25) is 0 Å². The van der Waals surface area contributed by atoms with Crippen LogP contribution in [0.25, 0.3) is 11.0 Å². The quantitative estimate of drug-likeness (QED) is 0.423. The third-order valence-electron chi connectivity index (χ3n) is 3.44. The van der Waals surface area contributed by atoms with Crippen LogP contribution in [-0.4, -0.2) is 19.2 Å². The summed E-state index contributed by atoms with van der Waals surface area (Å²) in [5, 5.41) is 0.893. The van der Waals surface area contributed by atoms with Gasteiger partial charge in [-0.15, -0.1) is 0 Å². The summed E-state index contributed by atoms with van der Waals surface area (Å²) in [6.07, 6.45) is 3.57. The highest BCUT2D eigenvalue weighted by Gasteiger charge is 2.08. The fraction of sp³-hybridized carbons (Fsp3) is 0.444. The van der Waals surface area contributed by atoms with Crippen molar-refractivity contribution in [3.8, 4) is 5.75 Å². The summed E-state index contributed by atoms with van der Waals surface area (Å²) in [7, 11) is 0. The Morgan fingerprint density at radius 1 is 1.17 bits per heavy atom. The van der Waals surface area contributed by atoms with Gasteiger partial charge in [0.2, 0.25) is 0 Å². The van der Waals surface area contributed by atoms with Gasteiger partial charge in [-0.1, -0.05) is 26.7 Å². The van der Waals surface area contributed by atoms with Crippen LogP contribution in [0.1, 0.15) is 38.7 Å². The molecule has 1 aromatic carbocycles. The zero-order valence-corrected chi connectivity index (χ0v) is 13.6. The Morgan fingerprint density at radius 3 is 2.74 bits per heavy atom. The standard InChI is InChI=1S/C18H22O5/c1-3-5-9-21-18(20)12-22-14-7-8-15-13(6-4-2)10-17(19)23-16(15)11-14/h7-8,10-11H,3-6,9,12H2,1-2H3. The molecule has 0 saturated heterocycles. The van der Waals surface area contributed by atoms with Gasteiger partial charge < -0.3 is 13.9 Å². The molecule has 0 spiro atoms. The van der Waals surface area contributed by atoms with Gasteiger partial charge in [0.1, 0.15) is 11.3 Å². The van der Waals surface area contributed by atoms with E-state index in [9.17, 15) is 9.59 Å². The summed E-state index contributed by atoms with van der Waals surface area (Å²) in [5.41, 5.74) is 1.05. The average molecular weight is 318 g/mol. The lowest BCUT2D eigenvalue weighted by Crippen LogP contribution is -2.15. The predicted molar refractivity (Wildman–Crippen MR) is 87.8 cm³/mol. The Morgan fingerprint density at radius 2 is 2.00 bits per heavy atom. The van der Waals surface area contributed by atoms with E-state index >= 15 is 0 Å². The molecule has 0 unspecified atom stereocenters. The van der Waals surface area contributed by atoms with Crippen LogP contribution in [0.4, 0.5) is 0 Å². The van der Waals surface area contributed by atoms with Crippen LogP contribution in [0.5, 0.6) is 5.75 Å². The maximum absolute atomic E-state index is 11.6. The molecule has 5 nitrogen and oxygen atoms in total. The summed E-state index contributed by atoms with van der Waals surface area (Å²) >= 11 is 0. The molecule has 0 aliphatic heterocycles. The molecule has 5 heteroatoms. The van der Waals surface area contributed by atoms with Gasteiger partial charge in [0, 0.05) is 17.5 Å². The first kappa shape index (κ1) is 17.1. The molecule has 0 amide bonds. The number of carbonyl (C=O) groups is 1. The van der Waals surface area contributed by atoms with Crippen LogP contribution < -0.4 is 10.4 Å². The summed E-state index contributed by atoms with van der Waals surface area (Å²) in [6.45, 7) is 4.34. The van der Waals surface area contributed by atoms with Gasteiger partial charge in [0.05, 0.1) is 6.61 Å². The van der Waals surface area contributed by atoms with Crippen molar-refractivity contribution >= 4 is 16.9 Å². The number of aryl methyl sites for hydroxylation is 1. The maximum Gasteiger partial charge on any atom is 0.344 e. The Labute approximate surface area is 135 Å². The largest absolute Gasteiger partial charge is 0.482 e. The Balaban J connectivity index is 2.08. The molecule has 2 aromatic rings. The topological polar surface area (TPSA) is 65.7 Å². The highest BCUT2D eigenvalue weighted by molar-refractivity contribution is 5.81. The van der Waals surface area contributed by atoms with E-state index in [-0.39, 0.29) is 12.2 Å². The first-order valence-corrected chi connectivity index (χ1v) is 7.99. The van der Waals surface area contributed by atoms with Crippen molar-refractivity contribution in [1.29, 1.82) is 0 Å². The minimum absolute atomic E-state index is 0.159. The molecule has 124 valence electrons. The first-order chi connectivity index (χ1) is 11.1. The van der Waals surface area contributed by atoms with E-state index in [1.807, 2.05) is 13.0 Å². The summed E-state index contributed by atoms with van der Waals surface area (Å²) in [5.74, 6) is 0.0708. The molecule has 0 radical (unpaired) electrons. The van der Waals surface area contributed by atoms with E-state index in [0.29, 0.717) is 17.9 Å². The molecule has 1 aromatic heterocycles. The van der Waals surface area contributed by atoms with Crippen LogP contribution in [0.15, 0.2) is 33.5 Å². The SMILES string of the molecule is CCCCOC(=O)COc1ccc2c(CCC)cc(=O)oc2c1. The highest BCUT2D eigenvalue weighted by atomic mass is 16.6. The van der Waals surface area contributed by atoms with Gasteiger partial charge in [0.15, 0.2) is 6.61 Å². The van der Waals surface area contributed by atoms with Crippen LogP contribution in [0.3, 0.4) is 0 Å². The van der Waals surface area contributed by atoms with Crippen molar-refractivity contribution in [2.24, 2.45) is 0 Å². The lowest BCUT2D eigenvalue weighted by molar-refractivity contribution is -0.146. The van der Waals surface area contributed by atoms with Crippen molar-refractivity contribution in [1.82, 2.24) is 0 Å². The molecule has 0 bridgehead atoms. The van der Waals surface area contributed by atoms with E-state index in [1.54, 1.807) is 12.1 Å². The van der Waals surface area contributed by atoms with Gasteiger partial charge in [-0.05, 0) is 30.5 Å². The van der Waals surface area contributed by atoms with E-state index < -0.39 is 5.97 Å². The summed E-state index contributed by atoms with van der Waals surface area (Å²) < 4.78 is 15.7. The van der Waals surface area contributed by atoms with E-state index in [0.717, 1.165) is 36.6 Å². The minimum Gasteiger partial charge on any atom is -0.482 e. The number of esters is 1. The Bertz CT molecular complexity index is 717. The van der Waals surface area contributed by atoms with E-state index in [1.165, 1.54) is 6.07 Å². The zero-order chi connectivity index (χ0) is 16.7. The smallest absolute Gasteiger partial charge is 0.344 e. The molecule has 0 saturated carbocycles. The number of fused-ring (bicyclic) bond motifs is 1. The molecule has 23 heavy (non-hydrogen) atoms. The first-order valence-electron chi connectivity index (χ1n) is 7.99. The normalized spacial score (nSPS) is 10.7. The van der Waals surface area contributed by atoms with Crippen molar-refractivity contribution in [2.45, 2.75) is 39.5 Å². The average Bonchev–Trinajstić information content (AvgIpc) is 2.53. The van der Waals surface area contributed by atoms with Crippen molar-refractivity contribution in [3.63, 3.8) is 0 Å². The number of benzene rings is 1. The van der Waals surface area contributed by atoms with Crippen molar-refractivity contribution in [3.05, 3.63) is 40.2 Å². The zero-order valence-electron chi connectivity index (χ0n) is 13.6. The molecular weight excluding hydrogens is 296 g/mol. The van der Waals surface area contributed by atoms with E-state index in [2.05, 4.69) is 6.92 Å². The predicted octanol–water partition coefficient (Wildman–Crippen LogP) is 3.47. The third kappa shape index (κ3) is 4.84. The fourth-order valence-corrected chi connectivity index (χ4v) is 2.29. The molecule has 0 N–H and O–H groups in total. The monoisotopic (exact) mass is 318 g/mol. The second kappa shape index (κ2) is 8.36. The minimum atomic E-state index is -0.403. The molecule has 0 atom stereocenters. The number of carbonyl (C=O) groups excluding carboxylic acids is 1. The summed E-state index contributed by atoms with van der Waals surface area (Å²) in [4.78, 5) is 23.1. The van der Waals surface area contributed by atoms with Gasteiger partial charge in [0.25, 0.3) is 0 Å². The Hall–Kier alpha value is -2.30. The molecule has 2 rings (SSSR count). The number of ether oxygens (including phenoxy) is 2. The second-order valence-electron chi connectivity index (χ2n) is 5.36. The fourth-order valence-electron chi connectivity index (χ4n) is 2.29. The van der Waals surface area contributed by atoms with Crippen LogP contribution >= 0.6 is 0 Å². The summed E-state index contributed by atoms with van der Waals surface area (Å²) in [6, 6.07) is 6.77. The van der Waals surface area contributed by atoms with Crippen molar-refractivity contribution in [2.75, 3.05) is 13.2 Å². The van der Waals surface area contributed by atoms with Crippen molar-refractivity contribution < 1.29 is 18.7 Å². The highest BCUT2D eigenvalue weighted by Crippen LogP contribution is 2.23. The van der Waals surface area contributed by atoms with Gasteiger partial charge >= 0.3 is 11.6 Å². The molecule has 0 fully saturated rings. The number of rotatable bonds is 8. The maximum atomic E-state index is 11.6. The van der Waals surface area contributed by atoms with Gasteiger partial charge in [-0.25, -0.2) is 9.59 Å². The second-order valence-corrected chi connectivity index (χ2v) is 5.36. The third-order valence-corrected chi connectivity index (χ3v) is 3.44. The number of hydrogen-bond acceptors (Lipinski definition) is 5. The number of unbranched alkanes of at least 4 members (excludes halogenated alkanes) is 1. The van der Waals surface area contributed by atoms with Crippen LogP contribution in [0.2, 0.25) is 0 Å². The van der Waals surface area contributed by atoms with Crippen LogP contribution in [-0.2, 0) is 16.0 Å². The molecule has 1 heterocycles. The Kier molecular flexibility index (Phi) is 6.20. The molecular formula is C18H22O5. The van der Waals surface area contributed by atoms with Gasteiger partial charge in [-0.2, -0.15) is 0 Å². The molecule has 0 aliphatic carbocycles. The lowest BCUT2D eigenvalue weighted by Gasteiger charge is -2.08. The number of hydrogen-bond donors (Lipinski definition) is 0. The lowest BCUT2D eigenvalue weighted by atomic mass is 10.1.